The Morgan fingerprint density at radius 1 is 1.43 bits per heavy atom. The third kappa shape index (κ3) is 5.82. The summed E-state index contributed by atoms with van der Waals surface area (Å²) in [6.07, 6.45) is -0.477. The summed E-state index contributed by atoms with van der Waals surface area (Å²) >= 11 is 3.29. The predicted octanol–water partition coefficient (Wildman–Crippen LogP) is 0.581. The first-order valence-corrected chi connectivity index (χ1v) is 6.78. The average Bonchev–Trinajstić information content (AvgIpc) is 2.36. The van der Waals surface area contributed by atoms with Crippen molar-refractivity contribution in [3.63, 3.8) is 0 Å². The number of nitrogens with two attached hydrogens (primary N) is 1. The molecule has 7 nitrogen and oxygen atoms in total. The Kier molecular flexibility index (Phi) is 6.16. The molecule has 1 atom stereocenters. The normalized spacial score (nSPS) is 11.5. The van der Waals surface area contributed by atoms with Gasteiger partial charge in [-0.1, -0.05) is 6.07 Å². The van der Waals surface area contributed by atoms with Gasteiger partial charge in [0, 0.05) is 0 Å². The van der Waals surface area contributed by atoms with Gasteiger partial charge in [-0.3, -0.25) is 9.59 Å². The van der Waals surface area contributed by atoms with Crippen LogP contribution in [0.25, 0.3) is 0 Å². The molecule has 1 unspecified atom stereocenters. The summed E-state index contributed by atoms with van der Waals surface area (Å²) in [7, 11) is 0. The molecule has 1 aromatic rings. The second-order valence-corrected chi connectivity index (χ2v) is 5.21. The minimum atomic E-state index is -1.36. The fourth-order valence-electron chi connectivity index (χ4n) is 1.50. The molecule has 0 heterocycles. The van der Waals surface area contributed by atoms with Crippen LogP contribution in [0, 0.1) is 6.92 Å². The number of rotatable bonds is 7. The second-order valence-electron chi connectivity index (χ2n) is 4.35. The van der Waals surface area contributed by atoms with Crippen molar-refractivity contribution >= 4 is 33.7 Å². The zero-order chi connectivity index (χ0) is 16.0. The standard InChI is InChI=1S/C13H15BrN2O5/c1-7-2-3-10(8(14)4-7)21-6-12(18)16-9(13(19)20)5-11(15)17/h2-4,9H,5-6H2,1H3,(H2,15,17)(H,16,18)(H,19,20). The van der Waals surface area contributed by atoms with Crippen LogP contribution in [0.15, 0.2) is 22.7 Å². The Morgan fingerprint density at radius 3 is 2.62 bits per heavy atom. The molecule has 0 aliphatic rings. The number of carbonyl (C=O) groups is 3. The molecule has 0 fully saturated rings. The lowest BCUT2D eigenvalue weighted by atomic mass is 10.2. The smallest absolute Gasteiger partial charge is 0.326 e. The molecule has 0 bridgehead atoms. The van der Waals surface area contributed by atoms with Gasteiger partial charge in [0.1, 0.15) is 11.8 Å². The second kappa shape index (κ2) is 7.63. The number of carboxylic acids is 1. The fraction of sp³-hybridized carbons (Fsp3) is 0.308. The summed E-state index contributed by atoms with van der Waals surface area (Å²) in [5.74, 6) is -2.35. The van der Waals surface area contributed by atoms with Crippen molar-refractivity contribution < 1.29 is 24.2 Å². The van der Waals surface area contributed by atoms with E-state index in [4.69, 9.17) is 15.6 Å². The number of amides is 2. The van der Waals surface area contributed by atoms with Gasteiger partial charge in [-0.05, 0) is 40.5 Å². The molecule has 1 rings (SSSR count). The number of primary amides is 1. The minimum Gasteiger partial charge on any atom is -0.483 e. The number of nitrogens with one attached hydrogen (secondary N) is 1. The number of hydrogen-bond acceptors (Lipinski definition) is 4. The molecule has 0 saturated heterocycles. The largest absolute Gasteiger partial charge is 0.483 e. The zero-order valence-electron chi connectivity index (χ0n) is 11.3. The monoisotopic (exact) mass is 358 g/mol. The van der Waals surface area contributed by atoms with Crippen LogP contribution in [0.2, 0.25) is 0 Å². The molecular weight excluding hydrogens is 344 g/mol. The quantitative estimate of drug-likeness (QED) is 0.658. The fourth-order valence-corrected chi connectivity index (χ4v) is 2.11. The predicted molar refractivity (Wildman–Crippen MR) is 77.8 cm³/mol. The molecule has 114 valence electrons. The molecule has 0 aliphatic heterocycles. The number of carbonyl (C=O) groups excluding carboxylic acids is 2. The van der Waals surface area contributed by atoms with Crippen molar-refractivity contribution in [3.05, 3.63) is 28.2 Å². The van der Waals surface area contributed by atoms with Crippen molar-refractivity contribution in [2.45, 2.75) is 19.4 Å². The van der Waals surface area contributed by atoms with Crippen LogP contribution in [0.4, 0.5) is 0 Å². The number of aliphatic carboxylic acids is 1. The van der Waals surface area contributed by atoms with Gasteiger partial charge < -0.3 is 20.9 Å². The van der Waals surface area contributed by atoms with Crippen LogP contribution in [-0.2, 0) is 14.4 Å². The van der Waals surface area contributed by atoms with E-state index >= 15 is 0 Å². The van der Waals surface area contributed by atoms with Crippen LogP contribution in [0.5, 0.6) is 5.75 Å². The van der Waals surface area contributed by atoms with Crippen LogP contribution in [-0.4, -0.2) is 35.5 Å². The number of benzene rings is 1. The highest BCUT2D eigenvalue weighted by Crippen LogP contribution is 2.25. The summed E-state index contributed by atoms with van der Waals surface area (Å²) in [6, 6.07) is 3.95. The molecule has 0 saturated carbocycles. The molecule has 21 heavy (non-hydrogen) atoms. The van der Waals surface area contributed by atoms with Gasteiger partial charge in [-0.25, -0.2) is 4.79 Å². The first-order chi connectivity index (χ1) is 9.79. The van der Waals surface area contributed by atoms with E-state index in [2.05, 4.69) is 21.2 Å². The first kappa shape index (κ1) is 17.0. The lowest BCUT2D eigenvalue weighted by molar-refractivity contribution is -0.143. The Morgan fingerprint density at radius 2 is 2.10 bits per heavy atom. The number of aryl methyl sites for hydroxylation is 1. The molecule has 4 N–H and O–H groups in total. The lowest BCUT2D eigenvalue weighted by Crippen LogP contribution is -2.45. The van der Waals surface area contributed by atoms with E-state index in [0.717, 1.165) is 5.56 Å². The molecular formula is C13H15BrN2O5. The summed E-state index contributed by atoms with van der Waals surface area (Å²) in [4.78, 5) is 33.2. The van der Waals surface area contributed by atoms with E-state index in [1.807, 2.05) is 19.1 Å². The number of halogens is 1. The summed E-state index contributed by atoms with van der Waals surface area (Å²) in [5.41, 5.74) is 5.93. The van der Waals surface area contributed by atoms with Gasteiger partial charge in [0.05, 0.1) is 10.9 Å². The van der Waals surface area contributed by atoms with E-state index in [1.165, 1.54) is 0 Å². The summed E-state index contributed by atoms with van der Waals surface area (Å²) in [5, 5.41) is 11.0. The molecule has 8 heteroatoms. The van der Waals surface area contributed by atoms with Crippen LogP contribution < -0.4 is 15.8 Å². The topological polar surface area (TPSA) is 119 Å². The third-order valence-corrected chi connectivity index (χ3v) is 3.10. The highest BCUT2D eigenvalue weighted by atomic mass is 79.9. The number of ether oxygens (including phenoxy) is 1. The van der Waals surface area contributed by atoms with Crippen molar-refractivity contribution in [2.24, 2.45) is 5.73 Å². The third-order valence-electron chi connectivity index (χ3n) is 2.48. The van der Waals surface area contributed by atoms with Crippen LogP contribution >= 0.6 is 15.9 Å². The van der Waals surface area contributed by atoms with Crippen LogP contribution in [0.3, 0.4) is 0 Å². The number of hydrogen-bond donors (Lipinski definition) is 3. The van der Waals surface area contributed by atoms with Crippen molar-refractivity contribution in [1.29, 1.82) is 0 Å². The van der Waals surface area contributed by atoms with Gasteiger partial charge >= 0.3 is 5.97 Å². The van der Waals surface area contributed by atoms with Gasteiger partial charge in [-0.2, -0.15) is 0 Å². The molecule has 0 spiro atoms. The zero-order valence-corrected chi connectivity index (χ0v) is 12.8. The maximum atomic E-state index is 11.6. The maximum Gasteiger partial charge on any atom is 0.326 e. The Hall–Kier alpha value is -2.09. The first-order valence-electron chi connectivity index (χ1n) is 5.99. The van der Waals surface area contributed by atoms with Crippen molar-refractivity contribution in [1.82, 2.24) is 5.32 Å². The molecule has 0 aromatic heterocycles. The number of carboxylic acid groups (broad SMARTS) is 1. The van der Waals surface area contributed by atoms with E-state index in [-0.39, 0.29) is 6.61 Å². The Bertz CT molecular complexity index is 561. The maximum absolute atomic E-state index is 11.6. The van der Waals surface area contributed by atoms with Gasteiger partial charge in [-0.15, -0.1) is 0 Å². The molecule has 0 aliphatic carbocycles. The van der Waals surface area contributed by atoms with Crippen molar-refractivity contribution in [3.8, 4) is 5.75 Å². The summed E-state index contributed by atoms with van der Waals surface area (Å²) < 4.78 is 5.95. The van der Waals surface area contributed by atoms with E-state index in [1.54, 1.807) is 6.07 Å². The highest BCUT2D eigenvalue weighted by molar-refractivity contribution is 9.10. The van der Waals surface area contributed by atoms with E-state index in [9.17, 15) is 14.4 Å². The SMILES string of the molecule is Cc1ccc(OCC(=O)NC(CC(N)=O)C(=O)O)c(Br)c1. The highest BCUT2D eigenvalue weighted by Gasteiger charge is 2.22. The Labute approximate surface area is 129 Å². The minimum absolute atomic E-state index is 0.371. The average molecular weight is 359 g/mol. The lowest BCUT2D eigenvalue weighted by Gasteiger charge is -2.13. The van der Waals surface area contributed by atoms with Crippen molar-refractivity contribution in [2.75, 3.05) is 6.61 Å². The van der Waals surface area contributed by atoms with E-state index < -0.39 is 30.2 Å². The van der Waals surface area contributed by atoms with Gasteiger partial charge in [0.15, 0.2) is 6.61 Å². The molecule has 2 amide bonds. The van der Waals surface area contributed by atoms with Gasteiger partial charge in [0.2, 0.25) is 5.91 Å². The van der Waals surface area contributed by atoms with E-state index in [0.29, 0.717) is 10.2 Å². The van der Waals surface area contributed by atoms with Gasteiger partial charge in [0.25, 0.3) is 5.91 Å². The molecule has 1 aromatic carbocycles. The summed E-state index contributed by atoms with van der Waals surface area (Å²) in [6.45, 7) is 1.53. The Balaban J connectivity index is 2.56. The molecule has 0 radical (unpaired) electrons. The van der Waals surface area contributed by atoms with Crippen LogP contribution in [0.1, 0.15) is 12.0 Å².